The van der Waals surface area contributed by atoms with Gasteiger partial charge in [0.25, 0.3) is 0 Å². The van der Waals surface area contributed by atoms with Crippen LogP contribution in [0.25, 0.3) is 10.2 Å². The van der Waals surface area contributed by atoms with E-state index in [9.17, 15) is 4.79 Å². The van der Waals surface area contributed by atoms with E-state index in [4.69, 9.17) is 4.74 Å². The zero-order chi connectivity index (χ0) is 17.8. The van der Waals surface area contributed by atoms with Gasteiger partial charge in [0.2, 0.25) is 0 Å². The van der Waals surface area contributed by atoms with Gasteiger partial charge in [0.15, 0.2) is 0 Å². The molecule has 0 radical (unpaired) electrons. The van der Waals surface area contributed by atoms with Crippen molar-refractivity contribution in [3.63, 3.8) is 0 Å². The Morgan fingerprint density at radius 2 is 2.08 bits per heavy atom. The number of hydrogen-bond acceptors (Lipinski definition) is 5. The van der Waals surface area contributed by atoms with E-state index in [0.717, 1.165) is 33.8 Å². The zero-order valence-corrected chi connectivity index (χ0v) is 15.3. The minimum Gasteiger partial charge on any atom is -0.489 e. The van der Waals surface area contributed by atoms with Crippen LogP contribution in [-0.4, -0.2) is 18.2 Å². The lowest BCUT2D eigenvalue weighted by atomic mass is 10.2. The van der Waals surface area contributed by atoms with Crippen LogP contribution in [0.2, 0.25) is 0 Å². The van der Waals surface area contributed by atoms with E-state index >= 15 is 0 Å². The summed E-state index contributed by atoms with van der Waals surface area (Å²) in [5.74, 6) is 0.750. The van der Waals surface area contributed by atoms with Crippen LogP contribution in [0.4, 0.5) is 10.5 Å². The SMILES string of the molecule is CCc1nc2cc(COc3ccc(NC(=O)OC)c(C)c3)ccc2s1. The van der Waals surface area contributed by atoms with Gasteiger partial charge >= 0.3 is 6.09 Å². The average molecular weight is 356 g/mol. The molecule has 2 aromatic carbocycles. The number of nitrogens with zero attached hydrogens (tertiary/aromatic N) is 1. The zero-order valence-electron chi connectivity index (χ0n) is 14.5. The van der Waals surface area contributed by atoms with Gasteiger partial charge in [-0.15, -0.1) is 11.3 Å². The Kier molecular flexibility index (Phi) is 5.19. The highest BCUT2D eigenvalue weighted by Gasteiger charge is 2.07. The molecular formula is C19H20N2O3S. The van der Waals surface area contributed by atoms with E-state index in [1.165, 1.54) is 11.8 Å². The van der Waals surface area contributed by atoms with Crippen LogP contribution in [0, 0.1) is 6.92 Å². The summed E-state index contributed by atoms with van der Waals surface area (Å²) in [4.78, 5) is 15.9. The molecule has 5 nitrogen and oxygen atoms in total. The summed E-state index contributed by atoms with van der Waals surface area (Å²) in [6.45, 7) is 4.49. The molecule has 1 amide bonds. The van der Waals surface area contributed by atoms with E-state index in [0.29, 0.717) is 12.3 Å². The summed E-state index contributed by atoms with van der Waals surface area (Å²) < 4.78 is 11.7. The van der Waals surface area contributed by atoms with E-state index in [1.54, 1.807) is 17.4 Å². The number of methoxy groups -OCH3 is 1. The van der Waals surface area contributed by atoms with E-state index in [2.05, 4.69) is 40.2 Å². The number of rotatable bonds is 5. The van der Waals surface area contributed by atoms with Crippen LogP contribution < -0.4 is 10.1 Å². The summed E-state index contributed by atoms with van der Waals surface area (Å²) in [6, 6.07) is 11.8. The van der Waals surface area contributed by atoms with Crippen LogP contribution in [0.5, 0.6) is 5.75 Å². The predicted molar refractivity (Wildman–Crippen MR) is 101 cm³/mol. The number of nitrogens with one attached hydrogen (secondary N) is 1. The Morgan fingerprint density at radius 1 is 1.24 bits per heavy atom. The maximum Gasteiger partial charge on any atom is 0.411 e. The Labute approximate surface area is 150 Å². The number of carbonyl (C=O) groups is 1. The second kappa shape index (κ2) is 7.53. The number of aromatic nitrogens is 1. The quantitative estimate of drug-likeness (QED) is 0.704. The van der Waals surface area contributed by atoms with Crippen LogP contribution in [0.3, 0.4) is 0 Å². The van der Waals surface area contributed by atoms with Gasteiger partial charge in [-0.25, -0.2) is 9.78 Å². The van der Waals surface area contributed by atoms with Crippen molar-refractivity contribution in [1.82, 2.24) is 4.98 Å². The van der Waals surface area contributed by atoms with Crippen molar-refractivity contribution in [3.8, 4) is 5.75 Å². The van der Waals surface area contributed by atoms with Gasteiger partial charge in [-0.2, -0.15) is 0 Å². The van der Waals surface area contributed by atoms with Crippen LogP contribution in [-0.2, 0) is 17.8 Å². The smallest absolute Gasteiger partial charge is 0.411 e. The lowest BCUT2D eigenvalue weighted by Crippen LogP contribution is -2.11. The molecule has 1 heterocycles. The molecule has 0 aliphatic carbocycles. The fourth-order valence-corrected chi connectivity index (χ4v) is 3.34. The molecule has 0 unspecified atom stereocenters. The van der Waals surface area contributed by atoms with Gasteiger partial charge < -0.3 is 9.47 Å². The average Bonchev–Trinajstić information content (AvgIpc) is 3.04. The molecule has 1 aromatic heterocycles. The Hall–Kier alpha value is -2.60. The number of fused-ring (bicyclic) bond motifs is 1. The number of anilines is 1. The lowest BCUT2D eigenvalue weighted by Gasteiger charge is -2.11. The molecule has 25 heavy (non-hydrogen) atoms. The second-order valence-electron chi connectivity index (χ2n) is 5.65. The van der Waals surface area contributed by atoms with Gasteiger partial charge in [-0.05, 0) is 54.8 Å². The highest BCUT2D eigenvalue weighted by molar-refractivity contribution is 7.18. The lowest BCUT2D eigenvalue weighted by molar-refractivity contribution is 0.187. The van der Waals surface area contributed by atoms with Crippen molar-refractivity contribution in [1.29, 1.82) is 0 Å². The molecule has 0 spiro atoms. The normalized spacial score (nSPS) is 10.7. The van der Waals surface area contributed by atoms with E-state index in [1.807, 2.05) is 19.1 Å². The largest absolute Gasteiger partial charge is 0.489 e. The Morgan fingerprint density at radius 3 is 2.80 bits per heavy atom. The molecule has 1 N–H and O–H groups in total. The highest BCUT2D eigenvalue weighted by Crippen LogP contribution is 2.25. The van der Waals surface area contributed by atoms with E-state index < -0.39 is 6.09 Å². The molecule has 0 aliphatic rings. The van der Waals surface area contributed by atoms with Gasteiger partial charge in [-0.3, -0.25) is 5.32 Å². The minimum absolute atomic E-state index is 0.470. The first kappa shape index (κ1) is 17.2. The summed E-state index contributed by atoms with van der Waals surface area (Å²) in [5.41, 5.74) is 3.72. The first-order valence-electron chi connectivity index (χ1n) is 8.06. The van der Waals surface area contributed by atoms with Crippen LogP contribution in [0.15, 0.2) is 36.4 Å². The van der Waals surface area contributed by atoms with E-state index in [-0.39, 0.29) is 0 Å². The third-order valence-electron chi connectivity index (χ3n) is 3.82. The first-order chi connectivity index (χ1) is 12.1. The van der Waals surface area contributed by atoms with Crippen molar-refractivity contribution in [2.75, 3.05) is 12.4 Å². The van der Waals surface area contributed by atoms with Crippen molar-refractivity contribution in [2.45, 2.75) is 26.9 Å². The summed E-state index contributed by atoms with van der Waals surface area (Å²) in [7, 11) is 1.34. The molecule has 0 atom stereocenters. The molecule has 0 bridgehead atoms. The number of thiazole rings is 1. The molecule has 0 fully saturated rings. The number of hydrogen-bond donors (Lipinski definition) is 1. The summed E-state index contributed by atoms with van der Waals surface area (Å²) in [6.07, 6.45) is 0.468. The fourth-order valence-electron chi connectivity index (χ4n) is 2.46. The van der Waals surface area contributed by atoms with Gasteiger partial charge in [0.05, 0.1) is 22.3 Å². The van der Waals surface area contributed by atoms with Crippen LogP contribution >= 0.6 is 11.3 Å². The predicted octanol–water partition coefficient (Wildman–Crippen LogP) is 4.92. The number of carbonyl (C=O) groups excluding carboxylic acids is 1. The monoisotopic (exact) mass is 356 g/mol. The van der Waals surface area contributed by atoms with Crippen molar-refractivity contribution in [2.24, 2.45) is 0 Å². The number of aryl methyl sites for hydroxylation is 2. The maximum absolute atomic E-state index is 11.3. The van der Waals surface area contributed by atoms with Gasteiger partial charge in [-0.1, -0.05) is 13.0 Å². The molecule has 6 heteroatoms. The standard InChI is InChI=1S/C19H20N2O3S/c1-4-18-20-16-10-13(5-8-17(16)25-18)11-24-14-6-7-15(12(2)9-14)21-19(22)23-3/h5-10H,4,11H2,1-3H3,(H,21,22). The van der Waals surface area contributed by atoms with Gasteiger partial charge in [0.1, 0.15) is 12.4 Å². The molecule has 0 saturated heterocycles. The molecule has 3 aromatic rings. The van der Waals surface area contributed by atoms with Gasteiger partial charge in [0, 0.05) is 5.69 Å². The third-order valence-corrected chi connectivity index (χ3v) is 5.00. The van der Waals surface area contributed by atoms with Crippen molar-refractivity contribution >= 4 is 33.3 Å². The maximum atomic E-state index is 11.3. The third kappa shape index (κ3) is 4.09. The summed E-state index contributed by atoms with van der Waals surface area (Å²) in [5, 5.41) is 3.82. The molecule has 3 rings (SSSR count). The summed E-state index contributed by atoms with van der Waals surface area (Å²) >= 11 is 1.73. The van der Waals surface area contributed by atoms with Crippen molar-refractivity contribution < 1.29 is 14.3 Å². The highest BCUT2D eigenvalue weighted by atomic mass is 32.1. The minimum atomic E-state index is -0.486. The number of benzene rings is 2. The molecule has 130 valence electrons. The molecule has 0 aliphatic heterocycles. The first-order valence-corrected chi connectivity index (χ1v) is 8.87. The van der Waals surface area contributed by atoms with Crippen molar-refractivity contribution in [3.05, 3.63) is 52.5 Å². The Balaban J connectivity index is 1.68. The number of amides is 1. The molecular weight excluding hydrogens is 336 g/mol. The topological polar surface area (TPSA) is 60.5 Å². The Bertz CT molecular complexity index is 905. The second-order valence-corrected chi connectivity index (χ2v) is 6.76. The number of ether oxygens (including phenoxy) is 2. The van der Waals surface area contributed by atoms with Crippen LogP contribution in [0.1, 0.15) is 23.1 Å². The fraction of sp³-hybridized carbons (Fsp3) is 0.263. The molecule has 0 saturated carbocycles.